The molecular formula is C16H21N3O. The number of benzene rings is 1. The predicted octanol–water partition coefficient (Wildman–Crippen LogP) is 3.66. The van der Waals surface area contributed by atoms with Crippen molar-refractivity contribution in [1.82, 2.24) is 10.2 Å². The molecule has 4 nitrogen and oxygen atoms in total. The van der Waals surface area contributed by atoms with Crippen LogP contribution in [-0.2, 0) is 6.42 Å². The molecule has 1 aromatic heterocycles. The van der Waals surface area contributed by atoms with E-state index in [1.165, 1.54) is 31.2 Å². The molecule has 0 spiro atoms. The van der Waals surface area contributed by atoms with Gasteiger partial charge >= 0.3 is 0 Å². The minimum atomic E-state index is 0.237. The highest BCUT2D eigenvalue weighted by Crippen LogP contribution is 2.34. The molecule has 3 rings (SSSR count). The summed E-state index contributed by atoms with van der Waals surface area (Å²) in [6.07, 6.45) is 5.83. The molecule has 1 aliphatic carbocycles. The lowest BCUT2D eigenvalue weighted by Gasteiger charge is -2.07. The average molecular weight is 271 g/mol. The maximum atomic E-state index is 5.88. The van der Waals surface area contributed by atoms with E-state index in [0.717, 1.165) is 23.9 Å². The smallest absolute Gasteiger partial charge is 0.219 e. The maximum Gasteiger partial charge on any atom is 0.219 e. The average Bonchev–Trinajstić information content (AvgIpc) is 3.11. The molecule has 1 unspecified atom stereocenters. The molecule has 20 heavy (non-hydrogen) atoms. The van der Waals surface area contributed by atoms with Crippen LogP contribution in [-0.4, -0.2) is 10.2 Å². The second kappa shape index (κ2) is 5.65. The molecular weight excluding hydrogens is 250 g/mol. The third-order valence-electron chi connectivity index (χ3n) is 4.10. The van der Waals surface area contributed by atoms with Crippen molar-refractivity contribution in [3.63, 3.8) is 0 Å². The van der Waals surface area contributed by atoms with Crippen molar-refractivity contribution in [3.05, 3.63) is 41.6 Å². The van der Waals surface area contributed by atoms with Gasteiger partial charge in [0.15, 0.2) is 0 Å². The molecule has 106 valence electrons. The normalized spacial score (nSPS) is 17.4. The van der Waals surface area contributed by atoms with Gasteiger partial charge in [0, 0.05) is 17.5 Å². The van der Waals surface area contributed by atoms with Gasteiger partial charge < -0.3 is 10.2 Å². The van der Waals surface area contributed by atoms with Gasteiger partial charge in [0.2, 0.25) is 11.8 Å². The molecule has 4 heteroatoms. The molecule has 0 aliphatic heterocycles. The molecule has 0 radical (unpaired) electrons. The van der Waals surface area contributed by atoms with Gasteiger partial charge in [-0.1, -0.05) is 31.9 Å². The highest BCUT2D eigenvalue weighted by molar-refractivity contribution is 5.39. The van der Waals surface area contributed by atoms with Gasteiger partial charge in [-0.15, -0.1) is 10.2 Å². The Kier molecular flexibility index (Phi) is 3.72. The Morgan fingerprint density at radius 1 is 1.20 bits per heavy atom. The first-order chi connectivity index (χ1) is 9.72. The highest BCUT2D eigenvalue weighted by atomic mass is 16.4. The molecule has 1 heterocycles. The summed E-state index contributed by atoms with van der Waals surface area (Å²) in [4.78, 5) is 0. The van der Waals surface area contributed by atoms with Crippen LogP contribution >= 0.6 is 0 Å². The van der Waals surface area contributed by atoms with E-state index in [-0.39, 0.29) is 5.92 Å². The van der Waals surface area contributed by atoms with E-state index in [4.69, 9.17) is 10.2 Å². The lowest BCUT2D eigenvalue weighted by Crippen LogP contribution is -1.99. The number of hydrogen-bond acceptors (Lipinski definition) is 4. The van der Waals surface area contributed by atoms with Crippen molar-refractivity contribution >= 4 is 5.69 Å². The summed E-state index contributed by atoms with van der Waals surface area (Å²) in [7, 11) is 0. The molecule has 2 N–H and O–H groups in total. The monoisotopic (exact) mass is 271 g/mol. The number of nitrogens with two attached hydrogens (primary N) is 1. The summed E-state index contributed by atoms with van der Waals surface area (Å²) >= 11 is 0. The van der Waals surface area contributed by atoms with E-state index in [0.29, 0.717) is 5.92 Å². The first kappa shape index (κ1) is 13.2. The van der Waals surface area contributed by atoms with Gasteiger partial charge in [-0.3, -0.25) is 0 Å². The van der Waals surface area contributed by atoms with Crippen LogP contribution in [0.1, 0.15) is 61.8 Å². The molecule has 1 fully saturated rings. The van der Waals surface area contributed by atoms with Gasteiger partial charge in [0.25, 0.3) is 0 Å². The molecule has 0 bridgehead atoms. The quantitative estimate of drug-likeness (QED) is 0.862. The summed E-state index contributed by atoms with van der Waals surface area (Å²) in [6, 6.07) is 7.97. The Labute approximate surface area is 119 Å². The van der Waals surface area contributed by atoms with E-state index in [1.807, 2.05) is 12.1 Å². The van der Waals surface area contributed by atoms with Crippen LogP contribution in [0.2, 0.25) is 0 Å². The molecule has 1 aromatic carbocycles. The third-order valence-corrected chi connectivity index (χ3v) is 4.10. The first-order valence-corrected chi connectivity index (χ1v) is 7.40. The zero-order chi connectivity index (χ0) is 13.9. The minimum Gasteiger partial charge on any atom is -0.425 e. The van der Waals surface area contributed by atoms with E-state index in [2.05, 4.69) is 29.3 Å². The second-order valence-corrected chi connectivity index (χ2v) is 5.81. The molecule has 2 aromatic rings. The molecule has 0 amide bonds. The van der Waals surface area contributed by atoms with E-state index in [1.54, 1.807) is 0 Å². The Morgan fingerprint density at radius 2 is 1.90 bits per heavy atom. The molecule has 0 saturated heterocycles. The van der Waals surface area contributed by atoms with E-state index in [9.17, 15) is 0 Å². The van der Waals surface area contributed by atoms with Crippen LogP contribution in [0.3, 0.4) is 0 Å². The summed E-state index contributed by atoms with van der Waals surface area (Å²) in [6.45, 7) is 2.13. The topological polar surface area (TPSA) is 64.9 Å². The number of rotatable bonds is 4. The van der Waals surface area contributed by atoms with Gasteiger partial charge in [-0.2, -0.15) is 0 Å². The van der Waals surface area contributed by atoms with Crippen molar-refractivity contribution in [1.29, 1.82) is 0 Å². The van der Waals surface area contributed by atoms with Crippen molar-refractivity contribution < 1.29 is 4.42 Å². The lowest BCUT2D eigenvalue weighted by molar-refractivity contribution is 0.396. The summed E-state index contributed by atoms with van der Waals surface area (Å²) < 4.78 is 5.88. The van der Waals surface area contributed by atoms with Crippen LogP contribution in [0, 0.1) is 0 Å². The molecule has 1 atom stereocenters. The Morgan fingerprint density at radius 3 is 2.60 bits per heavy atom. The van der Waals surface area contributed by atoms with Crippen LogP contribution < -0.4 is 5.73 Å². The Bertz CT molecular complexity index is 555. The number of nitrogen functional groups attached to an aromatic ring is 1. The number of anilines is 1. The number of hydrogen-bond donors (Lipinski definition) is 1. The summed E-state index contributed by atoms with van der Waals surface area (Å²) in [5.41, 5.74) is 7.74. The second-order valence-electron chi connectivity index (χ2n) is 5.81. The zero-order valence-electron chi connectivity index (χ0n) is 11.9. The summed E-state index contributed by atoms with van der Waals surface area (Å²) in [5, 5.41) is 8.47. The fourth-order valence-corrected chi connectivity index (χ4v) is 2.88. The Balaban J connectivity index is 1.67. The van der Waals surface area contributed by atoms with Gasteiger partial charge in [-0.25, -0.2) is 0 Å². The fourth-order valence-electron chi connectivity index (χ4n) is 2.88. The van der Waals surface area contributed by atoms with Crippen molar-refractivity contribution in [3.8, 4) is 0 Å². The van der Waals surface area contributed by atoms with Crippen LogP contribution in [0.5, 0.6) is 0 Å². The van der Waals surface area contributed by atoms with Crippen LogP contribution in [0.15, 0.2) is 28.7 Å². The highest BCUT2D eigenvalue weighted by Gasteiger charge is 2.24. The first-order valence-electron chi connectivity index (χ1n) is 7.40. The molecule has 1 saturated carbocycles. The SMILES string of the molecule is CC(Cc1ccc(N)cc1)c1nnc(C2CCCC2)o1. The van der Waals surface area contributed by atoms with Crippen LogP contribution in [0.4, 0.5) is 5.69 Å². The third kappa shape index (κ3) is 2.84. The van der Waals surface area contributed by atoms with Gasteiger partial charge in [0.05, 0.1) is 0 Å². The van der Waals surface area contributed by atoms with Gasteiger partial charge in [-0.05, 0) is 37.0 Å². The maximum absolute atomic E-state index is 5.88. The number of aromatic nitrogens is 2. The van der Waals surface area contributed by atoms with E-state index < -0.39 is 0 Å². The van der Waals surface area contributed by atoms with Crippen molar-refractivity contribution in [2.24, 2.45) is 0 Å². The lowest BCUT2D eigenvalue weighted by atomic mass is 10.0. The predicted molar refractivity (Wildman–Crippen MR) is 78.5 cm³/mol. The van der Waals surface area contributed by atoms with Crippen molar-refractivity contribution in [2.45, 2.75) is 50.9 Å². The van der Waals surface area contributed by atoms with Crippen LogP contribution in [0.25, 0.3) is 0 Å². The van der Waals surface area contributed by atoms with Gasteiger partial charge in [0.1, 0.15) is 0 Å². The standard InChI is InChI=1S/C16H21N3O/c1-11(10-12-6-8-14(17)9-7-12)15-18-19-16(20-15)13-4-2-3-5-13/h6-9,11,13H,2-5,10,17H2,1H3. The Hall–Kier alpha value is -1.84. The van der Waals surface area contributed by atoms with E-state index >= 15 is 0 Å². The van der Waals surface area contributed by atoms with Crippen molar-refractivity contribution in [2.75, 3.05) is 5.73 Å². The fraction of sp³-hybridized carbons (Fsp3) is 0.500. The number of nitrogens with zero attached hydrogens (tertiary/aromatic N) is 2. The zero-order valence-corrected chi connectivity index (χ0v) is 11.9. The molecule has 1 aliphatic rings. The largest absolute Gasteiger partial charge is 0.425 e. The minimum absolute atomic E-state index is 0.237. The summed E-state index contributed by atoms with van der Waals surface area (Å²) in [5.74, 6) is 2.31.